The summed E-state index contributed by atoms with van der Waals surface area (Å²) in [6, 6.07) is 9.20. The van der Waals surface area contributed by atoms with Crippen molar-refractivity contribution in [2.45, 2.75) is 32.2 Å². The first-order chi connectivity index (χ1) is 12.3. The monoisotopic (exact) mass is 374 g/mol. The van der Waals surface area contributed by atoms with E-state index in [0.717, 1.165) is 5.69 Å². The van der Waals surface area contributed by atoms with Crippen molar-refractivity contribution < 1.29 is 13.2 Å². The van der Waals surface area contributed by atoms with E-state index in [2.05, 4.69) is 34.4 Å². The van der Waals surface area contributed by atoms with Gasteiger partial charge in [0, 0.05) is 17.8 Å². The van der Waals surface area contributed by atoms with Gasteiger partial charge in [-0.1, -0.05) is 26.0 Å². The molecule has 0 bridgehead atoms. The van der Waals surface area contributed by atoms with Gasteiger partial charge in [0.1, 0.15) is 17.8 Å². The summed E-state index contributed by atoms with van der Waals surface area (Å²) in [7, 11) is -3.04. The predicted octanol–water partition coefficient (Wildman–Crippen LogP) is 2.26. The van der Waals surface area contributed by atoms with Gasteiger partial charge in [-0.15, -0.1) is 0 Å². The molecule has 1 atom stereocenters. The van der Waals surface area contributed by atoms with Crippen LogP contribution in [0, 0.1) is 0 Å². The van der Waals surface area contributed by atoms with Crippen molar-refractivity contribution in [3.8, 4) is 0 Å². The smallest absolute Gasteiger partial charge is 0.270 e. The molecule has 1 aliphatic rings. The Labute approximate surface area is 153 Å². The lowest BCUT2D eigenvalue weighted by Crippen LogP contribution is -2.36. The van der Waals surface area contributed by atoms with Crippen molar-refractivity contribution in [3.63, 3.8) is 0 Å². The molecule has 8 heteroatoms. The summed E-state index contributed by atoms with van der Waals surface area (Å²) in [5.41, 5.74) is 2.30. The standard InChI is InChI=1S/C18H22N4O3S/c1-12(2)13-3-5-14(6-4-13)21-17-9-16(19-11-20-17)18(23)22-15-7-8-26(24,25)10-15/h3-6,9,11-12,15H,7-8,10H2,1-2H3,(H,22,23)(H,19,20,21). The van der Waals surface area contributed by atoms with Crippen LogP contribution in [0.15, 0.2) is 36.7 Å². The van der Waals surface area contributed by atoms with Gasteiger partial charge in [0.25, 0.3) is 5.91 Å². The van der Waals surface area contributed by atoms with Gasteiger partial charge in [0.05, 0.1) is 11.5 Å². The van der Waals surface area contributed by atoms with Crippen molar-refractivity contribution >= 4 is 27.2 Å². The number of anilines is 2. The number of hydrogen-bond donors (Lipinski definition) is 2. The molecule has 138 valence electrons. The molecule has 3 rings (SSSR count). The van der Waals surface area contributed by atoms with Crippen molar-refractivity contribution in [3.05, 3.63) is 47.9 Å². The predicted molar refractivity (Wildman–Crippen MR) is 100 cm³/mol. The van der Waals surface area contributed by atoms with E-state index in [4.69, 9.17) is 0 Å². The van der Waals surface area contributed by atoms with Gasteiger partial charge in [0.15, 0.2) is 9.84 Å². The summed E-state index contributed by atoms with van der Waals surface area (Å²) in [6.07, 6.45) is 1.75. The third kappa shape index (κ3) is 4.57. The quantitative estimate of drug-likeness (QED) is 0.832. The molecule has 1 amide bonds. The van der Waals surface area contributed by atoms with Gasteiger partial charge in [-0.3, -0.25) is 4.79 Å². The van der Waals surface area contributed by atoms with Crippen LogP contribution in [0.25, 0.3) is 0 Å². The summed E-state index contributed by atoms with van der Waals surface area (Å²) in [5, 5.41) is 5.87. The maximum absolute atomic E-state index is 12.3. The minimum absolute atomic E-state index is 0.0167. The SMILES string of the molecule is CC(C)c1ccc(Nc2cc(C(=O)NC3CCS(=O)(=O)C3)ncn2)cc1. The summed E-state index contributed by atoms with van der Waals surface area (Å²) in [5.74, 6) is 0.657. The van der Waals surface area contributed by atoms with Crippen molar-refractivity contribution in [2.24, 2.45) is 0 Å². The van der Waals surface area contributed by atoms with Crippen LogP contribution in [-0.4, -0.2) is 41.8 Å². The van der Waals surface area contributed by atoms with E-state index in [9.17, 15) is 13.2 Å². The topological polar surface area (TPSA) is 101 Å². The van der Waals surface area contributed by atoms with Gasteiger partial charge in [-0.2, -0.15) is 0 Å². The van der Waals surface area contributed by atoms with E-state index in [1.807, 2.05) is 24.3 Å². The third-order valence-electron chi connectivity index (χ3n) is 4.32. The molecule has 2 heterocycles. The fourth-order valence-electron chi connectivity index (χ4n) is 2.82. The number of carbonyl (C=O) groups excluding carboxylic acids is 1. The van der Waals surface area contributed by atoms with E-state index in [0.29, 0.717) is 18.2 Å². The first-order valence-electron chi connectivity index (χ1n) is 8.53. The minimum Gasteiger partial charge on any atom is -0.347 e. The fourth-order valence-corrected chi connectivity index (χ4v) is 4.49. The molecule has 1 aromatic carbocycles. The van der Waals surface area contributed by atoms with Gasteiger partial charge < -0.3 is 10.6 Å². The first-order valence-corrected chi connectivity index (χ1v) is 10.3. The van der Waals surface area contributed by atoms with Crippen LogP contribution < -0.4 is 10.6 Å². The highest BCUT2D eigenvalue weighted by molar-refractivity contribution is 7.91. The lowest BCUT2D eigenvalue weighted by molar-refractivity contribution is 0.0936. The van der Waals surface area contributed by atoms with Crippen LogP contribution in [0.1, 0.15) is 42.2 Å². The van der Waals surface area contributed by atoms with E-state index >= 15 is 0 Å². The molecule has 1 aliphatic heterocycles. The molecule has 2 aromatic rings. The molecule has 26 heavy (non-hydrogen) atoms. The molecule has 0 aliphatic carbocycles. The lowest BCUT2D eigenvalue weighted by atomic mass is 10.0. The second kappa shape index (κ2) is 7.41. The maximum atomic E-state index is 12.3. The van der Waals surface area contributed by atoms with Crippen LogP contribution in [0.5, 0.6) is 0 Å². The van der Waals surface area contributed by atoms with Crippen molar-refractivity contribution in [1.82, 2.24) is 15.3 Å². The van der Waals surface area contributed by atoms with Gasteiger partial charge >= 0.3 is 0 Å². The highest BCUT2D eigenvalue weighted by Crippen LogP contribution is 2.20. The molecule has 1 fully saturated rings. The number of benzene rings is 1. The van der Waals surface area contributed by atoms with Crippen LogP contribution in [0.3, 0.4) is 0 Å². The number of nitrogens with one attached hydrogen (secondary N) is 2. The molecule has 1 saturated heterocycles. The summed E-state index contributed by atoms with van der Waals surface area (Å²) < 4.78 is 23.0. The Kier molecular flexibility index (Phi) is 5.22. The molecule has 1 aromatic heterocycles. The van der Waals surface area contributed by atoms with Gasteiger partial charge in [-0.25, -0.2) is 18.4 Å². The number of hydrogen-bond acceptors (Lipinski definition) is 6. The molecular formula is C18H22N4O3S. The van der Waals surface area contributed by atoms with Crippen LogP contribution >= 0.6 is 0 Å². The van der Waals surface area contributed by atoms with E-state index < -0.39 is 15.7 Å². The van der Waals surface area contributed by atoms with Gasteiger partial charge in [0.2, 0.25) is 0 Å². The normalized spacial score (nSPS) is 18.7. The maximum Gasteiger partial charge on any atom is 0.270 e. The Morgan fingerprint density at radius 1 is 1.19 bits per heavy atom. The van der Waals surface area contributed by atoms with Crippen LogP contribution in [0.2, 0.25) is 0 Å². The Hall–Kier alpha value is -2.48. The van der Waals surface area contributed by atoms with Crippen molar-refractivity contribution in [1.29, 1.82) is 0 Å². The lowest BCUT2D eigenvalue weighted by Gasteiger charge is -2.11. The summed E-state index contributed by atoms with van der Waals surface area (Å²) in [6.45, 7) is 4.26. The van der Waals surface area contributed by atoms with Gasteiger partial charge in [-0.05, 0) is 30.0 Å². The third-order valence-corrected chi connectivity index (χ3v) is 6.09. The van der Waals surface area contributed by atoms with E-state index in [1.165, 1.54) is 11.9 Å². The number of carbonyl (C=O) groups is 1. The molecule has 0 radical (unpaired) electrons. The molecular weight excluding hydrogens is 352 g/mol. The average molecular weight is 374 g/mol. The van der Waals surface area contributed by atoms with Crippen molar-refractivity contribution in [2.75, 3.05) is 16.8 Å². The Balaban J connectivity index is 1.67. The first kappa shape index (κ1) is 18.3. The highest BCUT2D eigenvalue weighted by atomic mass is 32.2. The van der Waals surface area contributed by atoms with E-state index in [-0.39, 0.29) is 23.2 Å². The number of sulfone groups is 1. The number of nitrogens with zero attached hydrogens (tertiary/aromatic N) is 2. The molecule has 1 unspecified atom stereocenters. The molecule has 7 nitrogen and oxygen atoms in total. The minimum atomic E-state index is -3.04. The zero-order valence-electron chi connectivity index (χ0n) is 14.8. The fraction of sp³-hybridized carbons (Fsp3) is 0.389. The summed E-state index contributed by atoms with van der Waals surface area (Å²) in [4.78, 5) is 20.4. The largest absolute Gasteiger partial charge is 0.347 e. The number of aromatic nitrogens is 2. The second-order valence-electron chi connectivity index (χ2n) is 6.76. The van der Waals surface area contributed by atoms with Crippen LogP contribution in [0.4, 0.5) is 11.5 Å². The highest BCUT2D eigenvalue weighted by Gasteiger charge is 2.29. The Morgan fingerprint density at radius 3 is 2.54 bits per heavy atom. The molecule has 2 N–H and O–H groups in total. The molecule has 0 spiro atoms. The number of rotatable bonds is 5. The van der Waals surface area contributed by atoms with E-state index in [1.54, 1.807) is 6.07 Å². The number of amides is 1. The zero-order valence-corrected chi connectivity index (χ0v) is 15.6. The summed E-state index contributed by atoms with van der Waals surface area (Å²) >= 11 is 0. The van der Waals surface area contributed by atoms with Crippen LogP contribution in [-0.2, 0) is 9.84 Å². The zero-order chi connectivity index (χ0) is 18.7. The molecule has 0 saturated carbocycles. The second-order valence-corrected chi connectivity index (χ2v) is 8.99. The Bertz CT molecular complexity index is 895. The Morgan fingerprint density at radius 2 is 1.92 bits per heavy atom. The average Bonchev–Trinajstić information content (AvgIpc) is 2.94.